The van der Waals surface area contributed by atoms with Gasteiger partial charge in [0, 0.05) is 35.6 Å². The van der Waals surface area contributed by atoms with E-state index < -0.39 is 34.4 Å². The van der Waals surface area contributed by atoms with Gasteiger partial charge < -0.3 is 15.0 Å². The van der Waals surface area contributed by atoms with E-state index in [1.807, 2.05) is 37.3 Å². The Morgan fingerprint density at radius 1 is 0.886 bits per heavy atom. The van der Waals surface area contributed by atoms with Gasteiger partial charge in [0.2, 0.25) is 11.8 Å². The highest BCUT2D eigenvalue weighted by atomic mass is 35.5. The second-order valence-corrected chi connectivity index (χ2v) is 12.7. The maximum Gasteiger partial charge on any atom is 0.264 e. The van der Waals surface area contributed by atoms with Gasteiger partial charge in [-0.15, -0.1) is 0 Å². The zero-order valence-electron chi connectivity index (χ0n) is 24.5. The van der Waals surface area contributed by atoms with Crippen molar-refractivity contribution in [1.29, 1.82) is 0 Å². The molecule has 11 heteroatoms. The Morgan fingerprint density at radius 2 is 1.50 bits per heavy atom. The third kappa shape index (κ3) is 7.53. The van der Waals surface area contributed by atoms with E-state index >= 15 is 0 Å². The number of nitrogens with one attached hydrogen (secondary N) is 1. The van der Waals surface area contributed by atoms with E-state index in [0.717, 1.165) is 15.4 Å². The number of hydrogen-bond donors (Lipinski definition) is 1. The van der Waals surface area contributed by atoms with Gasteiger partial charge in [-0.3, -0.25) is 13.9 Å². The summed E-state index contributed by atoms with van der Waals surface area (Å²) in [5.74, 6) is -0.819. The first-order chi connectivity index (χ1) is 21.1. The highest BCUT2D eigenvalue weighted by Gasteiger charge is 2.35. The molecule has 44 heavy (non-hydrogen) atoms. The Labute approximate surface area is 268 Å². The molecule has 0 saturated heterocycles. The molecule has 0 spiro atoms. The van der Waals surface area contributed by atoms with Crippen molar-refractivity contribution in [2.45, 2.75) is 30.8 Å². The minimum Gasteiger partial charge on any atom is -0.495 e. The number of carbonyl (C=O) groups excluding carboxylic acids is 2. The highest BCUT2D eigenvalue weighted by molar-refractivity contribution is 7.92. The Morgan fingerprint density at radius 3 is 2.09 bits per heavy atom. The Balaban J connectivity index is 1.86. The zero-order chi connectivity index (χ0) is 31.9. The van der Waals surface area contributed by atoms with Crippen LogP contribution in [0.1, 0.15) is 16.7 Å². The number of benzene rings is 4. The summed E-state index contributed by atoms with van der Waals surface area (Å²) < 4.78 is 34.9. The number of aryl methyl sites for hydroxylation is 1. The molecular formula is C33H33Cl2N3O5S. The van der Waals surface area contributed by atoms with Crippen LogP contribution in [0.2, 0.25) is 10.0 Å². The third-order valence-corrected chi connectivity index (χ3v) is 9.60. The van der Waals surface area contributed by atoms with Gasteiger partial charge in [-0.05, 0) is 54.4 Å². The molecule has 0 unspecified atom stereocenters. The number of methoxy groups -OCH3 is 1. The zero-order valence-corrected chi connectivity index (χ0v) is 26.9. The maximum atomic E-state index is 14.5. The standard InChI is InChI=1S/C33H33Cl2N3O5S/c1-23-17-18-31(43-3)29(19-23)38(44(41,42)25-13-8-5-9-14-25)22-32(39)37(21-26-27(34)15-10-16-28(26)35)30(33(40)36-2)20-24-11-6-4-7-12-24/h4-19,30H,20-22H2,1-3H3,(H,36,40)/t30-/m1/s1. The molecule has 0 aliphatic heterocycles. The van der Waals surface area contributed by atoms with Gasteiger partial charge in [0.15, 0.2) is 0 Å². The summed E-state index contributed by atoms with van der Waals surface area (Å²) in [6.07, 6.45) is 0.160. The molecule has 0 saturated carbocycles. The van der Waals surface area contributed by atoms with E-state index in [9.17, 15) is 18.0 Å². The van der Waals surface area contributed by atoms with Crippen molar-refractivity contribution < 1.29 is 22.7 Å². The van der Waals surface area contributed by atoms with Crippen molar-refractivity contribution in [3.8, 4) is 5.75 Å². The maximum absolute atomic E-state index is 14.5. The van der Waals surface area contributed by atoms with Gasteiger partial charge in [0.25, 0.3) is 10.0 Å². The van der Waals surface area contributed by atoms with Gasteiger partial charge in [-0.2, -0.15) is 0 Å². The van der Waals surface area contributed by atoms with Gasteiger partial charge in [-0.25, -0.2) is 8.42 Å². The molecule has 0 heterocycles. The summed E-state index contributed by atoms with van der Waals surface area (Å²) in [5, 5.41) is 3.26. The summed E-state index contributed by atoms with van der Waals surface area (Å²) in [6.45, 7) is 1.03. The van der Waals surface area contributed by atoms with Crippen LogP contribution in [0.4, 0.5) is 5.69 Å². The number of sulfonamides is 1. The van der Waals surface area contributed by atoms with Crippen molar-refractivity contribution >= 4 is 50.7 Å². The Kier molecular flexibility index (Phi) is 10.9. The van der Waals surface area contributed by atoms with E-state index in [1.165, 1.54) is 31.2 Å². The van der Waals surface area contributed by atoms with Crippen LogP contribution in [0.25, 0.3) is 0 Å². The van der Waals surface area contributed by atoms with Crippen LogP contribution in [0.15, 0.2) is 102 Å². The highest BCUT2D eigenvalue weighted by Crippen LogP contribution is 2.34. The van der Waals surface area contributed by atoms with Crippen LogP contribution >= 0.6 is 23.2 Å². The van der Waals surface area contributed by atoms with Crippen molar-refractivity contribution in [3.63, 3.8) is 0 Å². The first kappa shape index (κ1) is 32.9. The molecule has 0 aliphatic rings. The third-order valence-electron chi connectivity index (χ3n) is 7.12. The molecule has 0 radical (unpaired) electrons. The molecule has 1 N–H and O–H groups in total. The first-order valence-electron chi connectivity index (χ1n) is 13.8. The SMILES string of the molecule is CNC(=O)[C@@H](Cc1ccccc1)N(Cc1c(Cl)cccc1Cl)C(=O)CN(c1cc(C)ccc1OC)S(=O)(=O)c1ccccc1. The Bertz CT molecular complexity index is 1700. The lowest BCUT2D eigenvalue weighted by Gasteiger charge is -2.34. The quantitative estimate of drug-likeness (QED) is 0.206. The molecule has 1 atom stereocenters. The number of halogens is 2. The molecule has 2 amide bonds. The summed E-state index contributed by atoms with van der Waals surface area (Å²) >= 11 is 13.0. The number of hydrogen-bond acceptors (Lipinski definition) is 5. The van der Waals surface area contributed by atoms with Crippen LogP contribution in [0, 0.1) is 6.92 Å². The Hall–Kier alpha value is -4.05. The van der Waals surface area contributed by atoms with Crippen molar-refractivity contribution in [2.24, 2.45) is 0 Å². The topological polar surface area (TPSA) is 96.0 Å². The molecule has 4 aromatic carbocycles. The normalized spacial score (nSPS) is 11.8. The predicted molar refractivity (Wildman–Crippen MR) is 174 cm³/mol. The number of ether oxygens (including phenoxy) is 1. The predicted octanol–water partition coefficient (Wildman–Crippen LogP) is 5.89. The van der Waals surface area contributed by atoms with Gasteiger partial charge in [0.05, 0.1) is 17.7 Å². The fourth-order valence-electron chi connectivity index (χ4n) is 4.80. The van der Waals surface area contributed by atoms with Gasteiger partial charge in [0.1, 0.15) is 18.3 Å². The van der Waals surface area contributed by atoms with Crippen molar-refractivity contribution in [1.82, 2.24) is 10.2 Å². The van der Waals surface area contributed by atoms with Crippen molar-refractivity contribution in [2.75, 3.05) is 25.0 Å². The van der Waals surface area contributed by atoms with Crippen LogP contribution in [0.3, 0.4) is 0 Å². The monoisotopic (exact) mass is 653 g/mol. The van der Waals surface area contributed by atoms with E-state index in [4.69, 9.17) is 27.9 Å². The second-order valence-electron chi connectivity index (χ2n) is 10.0. The molecule has 230 valence electrons. The lowest BCUT2D eigenvalue weighted by molar-refractivity contribution is -0.139. The second kappa shape index (κ2) is 14.6. The minimum absolute atomic E-state index is 0.0100. The number of nitrogens with zero attached hydrogens (tertiary/aromatic N) is 2. The van der Waals surface area contributed by atoms with Crippen LogP contribution in [0.5, 0.6) is 5.75 Å². The average molecular weight is 655 g/mol. The van der Waals surface area contributed by atoms with Crippen LogP contribution in [-0.4, -0.2) is 51.9 Å². The molecule has 8 nitrogen and oxygen atoms in total. The number of rotatable bonds is 12. The summed E-state index contributed by atoms with van der Waals surface area (Å²) in [6, 6.07) is 26.1. The first-order valence-corrected chi connectivity index (χ1v) is 16.0. The van der Waals surface area contributed by atoms with E-state index in [0.29, 0.717) is 15.6 Å². The smallest absolute Gasteiger partial charge is 0.264 e. The van der Waals surface area contributed by atoms with Crippen LogP contribution < -0.4 is 14.4 Å². The van der Waals surface area contributed by atoms with E-state index in [-0.39, 0.29) is 29.3 Å². The number of amides is 2. The number of likely N-dealkylation sites (N-methyl/N-ethyl adjacent to an activating group) is 1. The lowest BCUT2D eigenvalue weighted by atomic mass is 10.0. The van der Waals surface area contributed by atoms with Gasteiger partial charge in [-0.1, -0.05) is 83.9 Å². The largest absolute Gasteiger partial charge is 0.495 e. The minimum atomic E-state index is -4.28. The van der Waals surface area contributed by atoms with Gasteiger partial charge >= 0.3 is 0 Å². The summed E-state index contributed by atoms with van der Waals surface area (Å²) in [4.78, 5) is 29.2. The molecule has 4 aromatic rings. The molecule has 4 rings (SSSR count). The van der Waals surface area contributed by atoms with Crippen molar-refractivity contribution in [3.05, 3.63) is 124 Å². The fourth-order valence-corrected chi connectivity index (χ4v) is 6.76. The molecular weight excluding hydrogens is 621 g/mol. The average Bonchev–Trinajstić information content (AvgIpc) is 3.03. The lowest BCUT2D eigenvalue weighted by Crippen LogP contribution is -2.53. The number of anilines is 1. The fraction of sp³-hybridized carbons (Fsp3) is 0.212. The van der Waals surface area contributed by atoms with E-state index in [1.54, 1.807) is 54.6 Å². The molecule has 0 aliphatic carbocycles. The summed E-state index contributed by atoms with van der Waals surface area (Å²) in [7, 11) is -1.37. The molecule has 0 aromatic heterocycles. The summed E-state index contributed by atoms with van der Waals surface area (Å²) in [5.41, 5.74) is 2.17. The molecule has 0 bridgehead atoms. The van der Waals surface area contributed by atoms with E-state index in [2.05, 4.69) is 5.32 Å². The number of carbonyl (C=O) groups is 2. The van der Waals surface area contributed by atoms with Crippen LogP contribution in [-0.2, 0) is 32.6 Å². The molecule has 0 fully saturated rings.